The van der Waals surface area contributed by atoms with Gasteiger partial charge >= 0.3 is 0 Å². The molecule has 1 amide bonds. The van der Waals surface area contributed by atoms with Gasteiger partial charge in [-0.25, -0.2) is 4.98 Å². The number of benzene rings is 1. The first-order valence-electron chi connectivity index (χ1n) is 7.38. The fourth-order valence-electron chi connectivity index (χ4n) is 2.45. The molecule has 0 fully saturated rings. The summed E-state index contributed by atoms with van der Waals surface area (Å²) in [5.74, 6) is 1.09. The van der Waals surface area contributed by atoms with Crippen LogP contribution in [0.15, 0.2) is 48.6 Å². The minimum atomic E-state index is -0.0630. The molecule has 5 nitrogen and oxygen atoms in total. The highest BCUT2D eigenvalue weighted by Crippen LogP contribution is 2.25. The van der Waals surface area contributed by atoms with Crippen LogP contribution in [0.1, 0.15) is 12.5 Å². The fraction of sp³-hybridized carbons (Fsp3) is 0.294. The number of hydrogen-bond acceptors (Lipinski definition) is 3. The number of amides is 1. The lowest BCUT2D eigenvalue weighted by atomic mass is 10.1. The lowest BCUT2D eigenvalue weighted by Gasteiger charge is -2.18. The number of para-hydroxylation sites is 1. The second-order valence-electron chi connectivity index (χ2n) is 5.57. The van der Waals surface area contributed by atoms with E-state index in [1.807, 2.05) is 41.1 Å². The molecule has 1 aliphatic heterocycles. The van der Waals surface area contributed by atoms with Crippen molar-refractivity contribution in [3.8, 4) is 5.75 Å². The van der Waals surface area contributed by atoms with Gasteiger partial charge in [-0.2, -0.15) is 0 Å². The zero-order valence-electron chi connectivity index (χ0n) is 12.5. The molecule has 2 heterocycles. The normalized spacial score (nSPS) is 14.5. The Labute approximate surface area is 129 Å². The Morgan fingerprint density at radius 2 is 2.32 bits per heavy atom. The summed E-state index contributed by atoms with van der Waals surface area (Å²) in [6.45, 7) is 3.87. The Hall–Kier alpha value is -2.56. The molecule has 0 bridgehead atoms. The molecule has 1 atom stereocenters. The van der Waals surface area contributed by atoms with Crippen molar-refractivity contribution in [2.45, 2.75) is 13.5 Å². The van der Waals surface area contributed by atoms with Crippen LogP contribution in [-0.4, -0.2) is 28.6 Å². The van der Waals surface area contributed by atoms with E-state index in [4.69, 9.17) is 4.74 Å². The van der Waals surface area contributed by atoms with Crippen molar-refractivity contribution in [1.29, 1.82) is 0 Å². The van der Waals surface area contributed by atoms with Crippen molar-refractivity contribution in [3.05, 3.63) is 54.1 Å². The van der Waals surface area contributed by atoms with Gasteiger partial charge < -0.3 is 14.6 Å². The first-order valence-corrected chi connectivity index (χ1v) is 7.38. The van der Waals surface area contributed by atoms with Crippen LogP contribution in [0.2, 0.25) is 0 Å². The van der Waals surface area contributed by atoms with Crippen molar-refractivity contribution >= 4 is 12.0 Å². The van der Waals surface area contributed by atoms with Gasteiger partial charge in [0.1, 0.15) is 12.4 Å². The molecule has 0 saturated carbocycles. The number of fused-ring (bicyclic) bond motifs is 1. The number of imidazole rings is 1. The van der Waals surface area contributed by atoms with Gasteiger partial charge in [-0.1, -0.05) is 25.1 Å². The Morgan fingerprint density at radius 3 is 3.14 bits per heavy atom. The third-order valence-corrected chi connectivity index (χ3v) is 3.62. The van der Waals surface area contributed by atoms with E-state index in [0.717, 1.165) is 17.9 Å². The van der Waals surface area contributed by atoms with Gasteiger partial charge in [0.15, 0.2) is 0 Å². The van der Waals surface area contributed by atoms with Gasteiger partial charge in [0.05, 0.1) is 11.9 Å². The Kier molecular flexibility index (Phi) is 4.23. The summed E-state index contributed by atoms with van der Waals surface area (Å²) in [5.41, 5.74) is 1.61. The molecule has 1 N–H and O–H groups in total. The monoisotopic (exact) mass is 297 g/mol. The summed E-state index contributed by atoms with van der Waals surface area (Å²) in [5, 5.41) is 2.97. The van der Waals surface area contributed by atoms with Crippen LogP contribution < -0.4 is 10.1 Å². The van der Waals surface area contributed by atoms with Crippen molar-refractivity contribution in [2.24, 2.45) is 5.92 Å². The molecule has 0 saturated heterocycles. The number of nitrogens with one attached hydrogen (secondary N) is 1. The minimum Gasteiger partial charge on any atom is -0.488 e. The summed E-state index contributed by atoms with van der Waals surface area (Å²) >= 11 is 0. The highest BCUT2D eigenvalue weighted by molar-refractivity contribution is 5.99. The summed E-state index contributed by atoms with van der Waals surface area (Å²) in [4.78, 5) is 16.3. The third kappa shape index (κ3) is 3.36. The standard InChI is InChI=1S/C17H19N3O2/c1-13(10-20-7-6-18-12-20)9-19-17(21)15-8-14-4-2-3-5-16(14)22-11-15/h2-8,12-13H,9-11H2,1H3,(H,19,21)/t13-/m0/s1. The second-order valence-corrected chi connectivity index (χ2v) is 5.57. The largest absolute Gasteiger partial charge is 0.488 e. The highest BCUT2D eigenvalue weighted by Gasteiger charge is 2.17. The summed E-state index contributed by atoms with van der Waals surface area (Å²) in [7, 11) is 0. The summed E-state index contributed by atoms with van der Waals surface area (Å²) in [6.07, 6.45) is 7.36. The van der Waals surface area contributed by atoms with Crippen LogP contribution in [0.3, 0.4) is 0 Å². The Morgan fingerprint density at radius 1 is 1.45 bits per heavy atom. The van der Waals surface area contributed by atoms with Crippen molar-refractivity contribution in [3.63, 3.8) is 0 Å². The highest BCUT2D eigenvalue weighted by atomic mass is 16.5. The second kappa shape index (κ2) is 6.47. The minimum absolute atomic E-state index is 0.0630. The van der Waals surface area contributed by atoms with Crippen LogP contribution in [0.4, 0.5) is 0 Å². The number of nitrogens with zero attached hydrogens (tertiary/aromatic N) is 2. The predicted molar refractivity (Wildman–Crippen MR) is 84.3 cm³/mol. The van der Waals surface area contributed by atoms with E-state index in [0.29, 0.717) is 24.6 Å². The molecule has 2 aromatic rings. The van der Waals surface area contributed by atoms with E-state index in [1.54, 1.807) is 12.5 Å². The molecular weight excluding hydrogens is 278 g/mol. The number of rotatable bonds is 5. The maximum absolute atomic E-state index is 12.2. The lowest BCUT2D eigenvalue weighted by Crippen LogP contribution is -2.33. The number of carbonyl (C=O) groups is 1. The third-order valence-electron chi connectivity index (χ3n) is 3.62. The zero-order chi connectivity index (χ0) is 15.4. The molecule has 0 radical (unpaired) electrons. The average molecular weight is 297 g/mol. The van der Waals surface area contributed by atoms with Crippen LogP contribution in [0.5, 0.6) is 5.75 Å². The van der Waals surface area contributed by atoms with E-state index < -0.39 is 0 Å². The lowest BCUT2D eigenvalue weighted by molar-refractivity contribution is -0.117. The quantitative estimate of drug-likeness (QED) is 0.919. The molecule has 1 aromatic heterocycles. The van der Waals surface area contributed by atoms with Gasteiger partial charge in [0.2, 0.25) is 0 Å². The van der Waals surface area contributed by atoms with Crippen molar-refractivity contribution in [2.75, 3.05) is 13.2 Å². The molecule has 0 aliphatic carbocycles. The average Bonchev–Trinajstić information content (AvgIpc) is 3.05. The fourth-order valence-corrected chi connectivity index (χ4v) is 2.45. The van der Waals surface area contributed by atoms with Gasteiger partial charge in [-0.3, -0.25) is 4.79 Å². The van der Waals surface area contributed by atoms with Gasteiger partial charge in [0.25, 0.3) is 5.91 Å². The van der Waals surface area contributed by atoms with E-state index in [-0.39, 0.29) is 5.91 Å². The van der Waals surface area contributed by atoms with E-state index in [2.05, 4.69) is 17.2 Å². The van der Waals surface area contributed by atoms with E-state index in [9.17, 15) is 4.79 Å². The van der Waals surface area contributed by atoms with Gasteiger partial charge in [0, 0.05) is 31.0 Å². The van der Waals surface area contributed by atoms with Gasteiger partial charge in [-0.15, -0.1) is 0 Å². The van der Waals surface area contributed by atoms with Crippen LogP contribution >= 0.6 is 0 Å². The molecule has 1 aliphatic rings. The summed E-state index contributed by atoms with van der Waals surface area (Å²) in [6, 6.07) is 7.72. The maximum Gasteiger partial charge on any atom is 0.250 e. The Balaban J connectivity index is 1.55. The number of aromatic nitrogens is 2. The molecule has 1 aromatic carbocycles. The summed E-state index contributed by atoms with van der Waals surface area (Å²) < 4.78 is 7.62. The van der Waals surface area contributed by atoms with Crippen LogP contribution in [0, 0.1) is 5.92 Å². The number of ether oxygens (including phenoxy) is 1. The van der Waals surface area contributed by atoms with Crippen LogP contribution in [0.25, 0.3) is 6.08 Å². The zero-order valence-corrected chi connectivity index (χ0v) is 12.5. The van der Waals surface area contributed by atoms with Crippen LogP contribution in [-0.2, 0) is 11.3 Å². The molecule has 114 valence electrons. The first kappa shape index (κ1) is 14.4. The van der Waals surface area contributed by atoms with E-state index in [1.165, 1.54) is 0 Å². The molecule has 3 rings (SSSR count). The molecule has 0 unspecified atom stereocenters. The predicted octanol–water partition coefficient (Wildman–Crippen LogP) is 2.11. The number of carbonyl (C=O) groups excluding carboxylic acids is 1. The molecular formula is C17H19N3O2. The van der Waals surface area contributed by atoms with Gasteiger partial charge in [-0.05, 0) is 18.1 Å². The topological polar surface area (TPSA) is 56.1 Å². The van der Waals surface area contributed by atoms with Crippen molar-refractivity contribution in [1.82, 2.24) is 14.9 Å². The molecule has 22 heavy (non-hydrogen) atoms. The van der Waals surface area contributed by atoms with E-state index >= 15 is 0 Å². The maximum atomic E-state index is 12.2. The smallest absolute Gasteiger partial charge is 0.250 e. The SMILES string of the molecule is C[C@@H](CNC(=O)C1=Cc2ccccc2OC1)Cn1ccnc1. The first-order chi connectivity index (χ1) is 10.7. The molecule has 5 heteroatoms. The van der Waals surface area contributed by atoms with Crippen molar-refractivity contribution < 1.29 is 9.53 Å². The Bertz CT molecular complexity index is 677. The number of hydrogen-bond donors (Lipinski definition) is 1. The molecule has 0 spiro atoms.